The summed E-state index contributed by atoms with van der Waals surface area (Å²) in [5.74, 6) is 1.06. The first kappa shape index (κ1) is 19.6. The Morgan fingerprint density at radius 2 is 2.00 bits per heavy atom. The number of hydrogen-bond donors (Lipinski definition) is 1. The molecule has 3 rings (SSSR count). The van der Waals surface area contributed by atoms with Crippen LogP contribution in [0.1, 0.15) is 11.4 Å². The molecular weight excluding hydrogens is 471 g/mol. The number of carbonyl (C=O) groups excluding carboxylic acids is 1. The van der Waals surface area contributed by atoms with Gasteiger partial charge < -0.3 is 9.88 Å². The number of benzene rings is 2. The van der Waals surface area contributed by atoms with E-state index < -0.39 is 0 Å². The molecule has 7 heteroatoms. The van der Waals surface area contributed by atoms with E-state index in [0.29, 0.717) is 13.0 Å². The van der Waals surface area contributed by atoms with Crippen molar-refractivity contribution in [2.45, 2.75) is 18.1 Å². The Balaban J connectivity index is 1.65. The highest BCUT2D eigenvalue weighted by atomic mass is 127. The van der Waals surface area contributed by atoms with Gasteiger partial charge in [-0.2, -0.15) is 0 Å². The molecule has 2 aromatic carbocycles. The normalized spacial score (nSPS) is 10.6. The summed E-state index contributed by atoms with van der Waals surface area (Å²) in [5.41, 5.74) is 1.97. The zero-order chi connectivity index (χ0) is 19.1. The van der Waals surface area contributed by atoms with E-state index in [4.69, 9.17) is 0 Å². The highest BCUT2D eigenvalue weighted by molar-refractivity contribution is 14.1. The molecule has 0 saturated heterocycles. The summed E-state index contributed by atoms with van der Waals surface area (Å²) in [6, 6.07) is 17.8. The maximum Gasteiger partial charge on any atom is 0.234 e. The molecule has 0 radical (unpaired) electrons. The van der Waals surface area contributed by atoms with Crippen molar-refractivity contribution in [2.24, 2.45) is 0 Å². The fraction of sp³-hybridized carbons (Fsp3) is 0.150. The predicted octanol–water partition coefficient (Wildman–Crippen LogP) is 4.39. The lowest BCUT2D eigenvalue weighted by Crippen LogP contribution is -2.15. The minimum Gasteiger partial charge on any atom is -0.325 e. The van der Waals surface area contributed by atoms with E-state index in [1.807, 2.05) is 53.1 Å². The summed E-state index contributed by atoms with van der Waals surface area (Å²) in [6.07, 6.45) is 2.50. The van der Waals surface area contributed by atoms with Gasteiger partial charge in [-0.25, -0.2) is 0 Å². The fourth-order valence-corrected chi connectivity index (χ4v) is 3.85. The van der Waals surface area contributed by atoms with E-state index in [2.05, 4.69) is 56.8 Å². The number of thioether (sulfide) groups is 1. The maximum atomic E-state index is 12.3. The topological polar surface area (TPSA) is 59.8 Å². The van der Waals surface area contributed by atoms with Crippen molar-refractivity contribution in [2.75, 3.05) is 11.1 Å². The number of carbonyl (C=O) groups is 1. The van der Waals surface area contributed by atoms with Crippen LogP contribution in [0.25, 0.3) is 0 Å². The second-order valence-electron chi connectivity index (χ2n) is 5.81. The molecule has 1 amide bonds. The molecule has 5 nitrogen and oxygen atoms in total. The van der Waals surface area contributed by atoms with E-state index in [9.17, 15) is 4.79 Å². The molecular formula is C20H19IN4OS. The lowest BCUT2D eigenvalue weighted by Gasteiger charge is -2.08. The molecule has 0 atom stereocenters. The van der Waals surface area contributed by atoms with Gasteiger partial charge in [0, 0.05) is 22.2 Å². The molecule has 0 aliphatic carbocycles. The van der Waals surface area contributed by atoms with Crippen LogP contribution in [-0.4, -0.2) is 26.4 Å². The summed E-state index contributed by atoms with van der Waals surface area (Å²) in [7, 11) is 0. The monoisotopic (exact) mass is 490 g/mol. The number of aromatic nitrogens is 3. The van der Waals surface area contributed by atoms with Crippen LogP contribution in [0.4, 0.5) is 5.69 Å². The molecule has 1 N–H and O–H groups in total. The van der Waals surface area contributed by atoms with E-state index in [-0.39, 0.29) is 11.7 Å². The van der Waals surface area contributed by atoms with E-state index >= 15 is 0 Å². The van der Waals surface area contributed by atoms with Crippen molar-refractivity contribution < 1.29 is 4.79 Å². The molecule has 0 bridgehead atoms. The van der Waals surface area contributed by atoms with Crippen LogP contribution >= 0.6 is 34.4 Å². The Labute approximate surface area is 176 Å². The molecule has 0 spiro atoms. The average Bonchev–Trinajstić information content (AvgIpc) is 3.03. The molecule has 0 saturated carbocycles. The molecule has 1 heterocycles. The summed E-state index contributed by atoms with van der Waals surface area (Å²) in [6.45, 7) is 4.43. The lowest BCUT2D eigenvalue weighted by molar-refractivity contribution is -0.113. The summed E-state index contributed by atoms with van der Waals surface area (Å²) < 4.78 is 3.08. The number of halogens is 1. The SMILES string of the molecule is C=CCn1c(Cc2ccccc2)nnc1SCC(=O)Nc1cccc(I)c1. The third-order valence-electron chi connectivity index (χ3n) is 3.75. The number of amides is 1. The van der Waals surface area contributed by atoms with Gasteiger partial charge in [0.15, 0.2) is 5.16 Å². The lowest BCUT2D eigenvalue weighted by atomic mass is 10.1. The second kappa shape index (κ2) is 9.70. The van der Waals surface area contributed by atoms with Crippen molar-refractivity contribution in [3.63, 3.8) is 0 Å². The van der Waals surface area contributed by atoms with Gasteiger partial charge in [0.1, 0.15) is 5.82 Å². The number of anilines is 1. The van der Waals surface area contributed by atoms with Gasteiger partial charge in [0.05, 0.1) is 5.75 Å². The zero-order valence-corrected chi connectivity index (χ0v) is 17.6. The van der Waals surface area contributed by atoms with Gasteiger partial charge in [0.25, 0.3) is 0 Å². The smallest absolute Gasteiger partial charge is 0.234 e. The molecule has 0 unspecified atom stereocenters. The number of nitrogens with one attached hydrogen (secondary N) is 1. The third-order valence-corrected chi connectivity index (χ3v) is 5.39. The van der Waals surface area contributed by atoms with Crippen LogP contribution in [0.2, 0.25) is 0 Å². The van der Waals surface area contributed by atoms with Gasteiger partial charge in [-0.15, -0.1) is 16.8 Å². The van der Waals surface area contributed by atoms with Crippen LogP contribution in [0.5, 0.6) is 0 Å². The van der Waals surface area contributed by atoms with E-state index in [1.165, 1.54) is 17.3 Å². The largest absolute Gasteiger partial charge is 0.325 e. The quantitative estimate of drug-likeness (QED) is 0.289. The van der Waals surface area contributed by atoms with E-state index in [0.717, 1.165) is 20.2 Å². The third kappa shape index (κ3) is 5.67. The predicted molar refractivity (Wildman–Crippen MR) is 118 cm³/mol. The fourth-order valence-electron chi connectivity index (χ4n) is 2.54. The summed E-state index contributed by atoms with van der Waals surface area (Å²) >= 11 is 3.60. The first-order valence-corrected chi connectivity index (χ1v) is 10.5. The van der Waals surface area contributed by atoms with Crippen LogP contribution in [-0.2, 0) is 17.8 Å². The Morgan fingerprint density at radius 1 is 1.19 bits per heavy atom. The minimum absolute atomic E-state index is 0.0697. The van der Waals surface area contributed by atoms with Crippen LogP contribution in [0, 0.1) is 3.57 Å². The maximum absolute atomic E-state index is 12.3. The first-order chi connectivity index (χ1) is 13.2. The van der Waals surface area contributed by atoms with Gasteiger partial charge in [0.2, 0.25) is 5.91 Å². The van der Waals surface area contributed by atoms with Gasteiger partial charge >= 0.3 is 0 Å². The highest BCUT2D eigenvalue weighted by Gasteiger charge is 2.14. The van der Waals surface area contributed by atoms with Crippen LogP contribution < -0.4 is 5.32 Å². The number of rotatable bonds is 8. The number of hydrogen-bond acceptors (Lipinski definition) is 4. The molecule has 0 aliphatic rings. The first-order valence-electron chi connectivity index (χ1n) is 8.41. The number of allylic oxidation sites excluding steroid dienone is 1. The molecule has 1 aromatic heterocycles. The van der Waals surface area contributed by atoms with Crippen molar-refractivity contribution in [1.29, 1.82) is 0 Å². The second-order valence-corrected chi connectivity index (χ2v) is 8.00. The molecule has 0 fully saturated rings. The Bertz CT molecular complexity index is 927. The average molecular weight is 490 g/mol. The Morgan fingerprint density at radius 3 is 2.74 bits per heavy atom. The van der Waals surface area contributed by atoms with Crippen molar-refractivity contribution in [3.8, 4) is 0 Å². The van der Waals surface area contributed by atoms with Crippen molar-refractivity contribution in [3.05, 3.63) is 82.2 Å². The van der Waals surface area contributed by atoms with Gasteiger partial charge in [-0.05, 0) is 46.4 Å². The Kier molecular flexibility index (Phi) is 7.05. The highest BCUT2D eigenvalue weighted by Crippen LogP contribution is 2.20. The van der Waals surface area contributed by atoms with Crippen molar-refractivity contribution >= 4 is 45.9 Å². The van der Waals surface area contributed by atoms with Crippen LogP contribution in [0.3, 0.4) is 0 Å². The number of nitrogens with zero attached hydrogens (tertiary/aromatic N) is 3. The molecule has 3 aromatic rings. The van der Waals surface area contributed by atoms with Crippen LogP contribution in [0.15, 0.2) is 72.4 Å². The summed E-state index contributed by atoms with van der Waals surface area (Å²) in [4.78, 5) is 12.3. The van der Waals surface area contributed by atoms with Crippen molar-refractivity contribution in [1.82, 2.24) is 14.8 Å². The minimum atomic E-state index is -0.0697. The molecule has 138 valence electrons. The Hall–Kier alpha value is -2.13. The standard InChI is InChI=1S/C20H19IN4OS/c1-2-11-25-18(12-15-7-4-3-5-8-15)23-24-20(25)27-14-19(26)22-17-10-6-9-16(21)13-17/h2-10,13H,1,11-12,14H2,(H,22,26). The zero-order valence-electron chi connectivity index (χ0n) is 14.6. The van der Waals surface area contributed by atoms with Gasteiger partial charge in [-0.3, -0.25) is 4.79 Å². The molecule has 0 aliphatic heterocycles. The summed E-state index contributed by atoms with van der Waals surface area (Å²) in [5, 5.41) is 12.2. The van der Waals surface area contributed by atoms with E-state index in [1.54, 1.807) is 0 Å². The van der Waals surface area contributed by atoms with Gasteiger partial charge in [-0.1, -0.05) is 54.2 Å². The molecule has 27 heavy (non-hydrogen) atoms.